The highest BCUT2D eigenvalue weighted by atomic mass is 32.2. The fourth-order valence-electron chi connectivity index (χ4n) is 2.79. The molecule has 1 heterocycles. The quantitative estimate of drug-likeness (QED) is 0.616. The van der Waals surface area contributed by atoms with Gasteiger partial charge in [-0.1, -0.05) is 29.0 Å². The molecule has 28 heavy (non-hydrogen) atoms. The van der Waals surface area contributed by atoms with E-state index in [1.54, 1.807) is 31.4 Å². The first-order valence-corrected chi connectivity index (χ1v) is 11.3. The van der Waals surface area contributed by atoms with Crippen molar-refractivity contribution in [2.45, 2.75) is 24.7 Å². The number of carbonyl (C=O) groups is 1. The minimum atomic E-state index is -3.39. The summed E-state index contributed by atoms with van der Waals surface area (Å²) in [6.45, 7) is 1.90. The summed E-state index contributed by atoms with van der Waals surface area (Å²) in [5.41, 5.74) is 1.96. The van der Waals surface area contributed by atoms with Crippen molar-refractivity contribution < 1.29 is 17.9 Å². The Morgan fingerprint density at radius 1 is 1.18 bits per heavy atom. The van der Waals surface area contributed by atoms with E-state index in [1.807, 2.05) is 36.7 Å². The number of sulfone groups is 1. The molecule has 6 nitrogen and oxygen atoms in total. The maximum absolute atomic E-state index is 12.4. The minimum absolute atomic E-state index is 0.0763. The van der Waals surface area contributed by atoms with Crippen molar-refractivity contribution in [3.8, 4) is 5.75 Å². The molecule has 8 heteroatoms. The van der Waals surface area contributed by atoms with Crippen LogP contribution in [0.5, 0.6) is 5.75 Å². The van der Waals surface area contributed by atoms with Gasteiger partial charge in [-0.2, -0.15) is 4.99 Å². The van der Waals surface area contributed by atoms with Crippen molar-refractivity contribution in [1.29, 1.82) is 0 Å². The normalized spacial score (nSPS) is 12.5. The van der Waals surface area contributed by atoms with Gasteiger partial charge in [-0.25, -0.2) is 8.42 Å². The molecule has 1 amide bonds. The van der Waals surface area contributed by atoms with Gasteiger partial charge in [-0.15, -0.1) is 0 Å². The molecular formula is C20H22N2O4S2. The second-order valence-corrected chi connectivity index (χ2v) is 9.64. The molecule has 0 radical (unpaired) electrons. The molecule has 0 fully saturated rings. The number of thiazole rings is 1. The van der Waals surface area contributed by atoms with Crippen molar-refractivity contribution in [2.75, 3.05) is 12.9 Å². The van der Waals surface area contributed by atoms with Gasteiger partial charge in [0.2, 0.25) is 5.91 Å². The average Bonchev–Trinajstić information content (AvgIpc) is 2.96. The van der Waals surface area contributed by atoms with E-state index in [0.29, 0.717) is 4.80 Å². The lowest BCUT2D eigenvalue weighted by atomic mass is 10.2. The third-order valence-electron chi connectivity index (χ3n) is 4.42. The molecular weight excluding hydrogens is 396 g/mol. The smallest absolute Gasteiger partial charge is 0.248 e. The molecule has 0 aliphatic rings. The largest absolute Gasteiger partial charge is 0.497 e. The molecule has 0 saturated heterocycles. The number of hydrogen-bond donors (Lipinski definition) is 0. The fraction of sp³-hybridized carbons (Fsp3) is 0.300. The van der Waals surface area contributed by atoms with Crippen LogP contribution >= 0.6 is 11.3 Å². The number of fused-ring (bicyclic) bond motifs is 1. The molecule has 0 aliphatic heterocycles. The first kappa shape index (κ1) is 20.3. The number of aromatic nitrogens is 1. The minimum Gasteiger partial charge on any atom is -0.497 e. The molecule has 0 N–H and O–H groups in total. The van der Waals surface area contributed by atoms with E-state index in [4.69, 9.17) is 4.74 Å². The van der Waals surface area contributed by atoms with Crippen LogP contribution in [0.15, 0.2) is 52.4 Å². The zero-order valence-corrected chi connectivity index (χ0v) is 17.6. The maximum Gasteiger partial charge on any atom is 0.248 e. The van der Waals surface area contributed by atoms with Crippen LogP contribution in [0.4, 0.5) is 0 Å². The highest BCUT2D eigenvalue weighted by Gasteiger charge is 2.15. The third kappa shape index (κ3) is 4.51. The maximum atomic E-state index is 12.4. The number of methoxy groups -OCH3 is 1. The summed E-state index contributed by atoms with van der Waals surface area (Å²) in [5, 5.41) is 0. The van der Waals surface area contributed by atoms with Gasteiger partial charge in [0.25, 0.3) is 0 Å². The Bertz CT molecular complexity index is 1170. The zero-order chi connectivity index (χ0) is 20.3. The summed E-state index contributed by atoms with van der Waals surface area (Å²) >= 11 is 1.40. The first-order valence-electron chi connectivity index (χ1n) is 8.81. The molecule has 3 rings (SSSR count). The molecule has 0 aliphatic carbocycles. The second kappa shape index (κ2) is 8.28. The van der Waals surface area contributed by atoms with Crippen molar-refractivity contribution in [2.24, 2.45) is 12.0 Å². The number of benzene rings is 2. The van der Waals surface area contributed by atoms with Gasteiger partial charge < -0.3 is 9.30 Å². The van der Waals surface area contributed by atoms with Crippen molar-refractivity contribution in [1.82, 2.24) is 4.57 Å². The Hall–Kier alpha value is -2.45. The van der Waals surface area contributed by atoms with Crippen LogP contribution in [0.25, 0.3) is 10.2 Å². The predicted octanol–water partition coefficient (Wildman–Crippen LogP) is 3.24. The molecule has 0 spiro atoms. The van der Waals surface area contributed by atoms with Crippen LogP contribution in [0.2, 0.25) is 0 Å². The topological polar surface area (TPSA) is 77.7 Å². The third-order valence-corrected chi connectivity index (χ3v) is 7.33. The van der Waals surface area contributed by atoms with E-state index < -0.39 is 9.84 Å². The Kier molecular flexibility index (Phi) is 6.00. The van der Waals surface area contributed by atoms with Gasteiger partial charge in [0.15, 0.2) is 14.6 Å². The lowest BCUT2D eigenvalue weighted by molar-refractivity contribution is -0.118. The number of rotatable bonds is 6. The number of aryl methyl sites for hydroxylation is 2. The van der Waals surface area contributed by atoms with Crippen molar-refractivity contribution >= 4 is 37.3 Å². The van der Waals surface area contributed by atoms with Gasteiger partial charge in [0, 0.05) is 13.5 Å². The zero-order valence-electron chi connectivity index (χ0n) is 16.0. The van der Waals surface area contributed by atoms with Crippen LogP contribution in [-0.4, -0.2) is 31.8 Å². The molecule has 3 aromatic rings. The Morgan fingerprint density at radius 2 is 1.89 bits per heavy atom. The molecule has 1 aromatic heterocycles. The molecule has 2 aromatic carbocycles. The lowest BCUT2D eigenvalue weighted by Gasteiger charge is -2.04. The summed E-state index contributed by atoms with van der Waals surface area (Å²) in [6.07, 6.45) is 0.323. The highest BCUT2D eigenvalue weighted by Crippen LogP contribution is 2.22. The number of ether oxygens (including phenoxy) is 1. The SMILES string of the molecule is COc1ccc2c(c1)sc(=NC(=O)CCCS(=O)(=O)c1ccc(C)cc1)n2C. The highest BCUT2D eigenvalue weighted by molar-refractivity contribution is 7.91. The van der Waals surface area contributed by atoms with E-state index in [9.17, 15) is 13.2 Å². The average molecular weight is 419 g/mol. The second-order valence-electron chi connectivity index (χ2n) is 6.52. The lowest BCUT2D eigenvalue weighted by Crippen LogP contribution is -2.14. The summed E-state index contributed by atoms with van der Waals surface area (Å²) in [4.78, 5) is 17.3. The van der Waals surface area contributed by atoms with Gasteiger partial charge in [-0.3, -0.25) is 4.79 Å². The van der Waals surface area contributed by atoms with Crippen molar-refractivity contribution in [3.63, 3.8) is 0 Å². The number of amides is 1. The number of nitrogens with zero attached hydrogens (tertiary/aromatic N) is 2. The summed E-state index contributed by atoms with van der Waals surface area (Å²) < 4.78 is 32.8. The Labute approximate surface area is 168 Å². The monoisotopic (exact) mass is 418 g/mol. The predicted molar refractivity (Wildman–Crippen MR) is 110 cm³/mol. The summed E-state index contributed by atoms with van der Waals surface area (Å²) in [5.74, 6) is 0.342. The number of hydrogen-bond acceptors (Lipinski definition) is 5. The fourth-order valence-corrected chi connectivity index (χ4v) is 5.16. The molecule has 148 valence electrons. The summed E-state index contributed by atoms with van der Waals surface area (Å²) in [7, 11) is 0.0596. The van der Waals surface area contributed by atoms with E-state index in [1.165, 1.54) is 11.3 Å². The molecule has 0 bridgehead atoms. The number of carbonyl (C=O) groups excluding carboxylic acids is 1. The molecule has 0 saturated carbocycles. The van der Waals surface area contributed by atoms with Crippen LogP contribution in [0.3, 0.4) is 0 Å². The van der Waals surface area contributed by atoms with E-state index in [-0.39, 0.29) is 29.4 Å². The Morgan fingerprint density at radius 3 is 2.57 bits per heavy atom. The summed E-state index contributed by atoms with van der Waals surface area (Å²) in [6, 6.07) is 12.4. The molecule has 0 unspecified atom stereocenters. The van der Waals surface area contributed by atoms with E-state index >= 15 is 0 Å². The van der Waals surface area contributed by atoms with Gasteiger partial charge in [0.1, 0.15) is 5.75 Å². The van der Waals surface area contributed by atoms with Gasteiger partial charge in [0.05, 0.1) is 28.0 Å². The standard InChI is InChI=1S/C20H22N2O4S2/c1-14-6-9-16(10-7-14)28(24,25)12-4-5-19(23)21-20-22(2)17-11-8-15(26-3)13-18(17)27-20/h6-11,13H,4-5,12H2,1-3H3. The van der Waals surface area contributed by atoms with E-state index in [2.05, 4.69) is 4.99 Å². The Balaban J connectivity index is 1.69. The van der Waals surface area contributed by atoms with Gasteiger partial charge in [-0.05, 0) is 43.7 Å². The van der Waals surface area contributed by atoms with Crippen LogP contribution < -0.4 is 9.54 Å². The van der Waals surface area contributed by atoms with Crippen LogP contribution in [-0.2, 0) is 21.7 Å². The van der Waals surface area contributed by atoms with Gasteiger partial charge >= 0.3 is 0 Å². The van der Waals surface area contributed by atoms with Crippen LogP contribution in [0, 0.1) is 6.92 Å². The van der Waals surface area contributed by atoms with Crippen molar-refractivity contribution in [3.05, 3.63) is 52.8 Å². The van der Waals surface area contributed by atoms with Crippen LogP contribution in [0.1, 0.15) is 18.4 Å². The molecule has 0 atom stereocenters. The van der Waals surface area contributed by atoms with E-state index in [0.717, 1.165) is 21.5 Å². The first-order chi connectivity index (χ1) is 13.3.